The van der Waals surface area contributed by atoms with Gasteiger partial charge in [0.2, 0.25) is 0 Å². The van der Waals surface area contributed by atoms with Gasteiger partial charge in [0.1, 0.15) is 0 Å². The van der Waals surface area contributed by atoms with Crippen LogP contribution in [0.1, 0.15) is 30.9 Å². The van der Waals surface area contributed by atoms with E-state index in [1.807, 2.05) is 0 Å². The standard InChI is InChI=1S/C11H13BrIN/c12-11-8(2-1-3-9(11)13)10(14)6-7-4-5-7/h1-3,7,10H,4-6,14H2. The van der Waals surface area contributed by atoms with Gasteiger partial charge in [0.15, 0.2) is 0 Å². The third-order valence-corrected chi connectivity index (χ3v) is 5.19. The van der Waals surface area contributed by atoms with Crippen molar-refractivity contribution in [3.8, 4) is 0 Å². The molecule has 0 aliphatic heterocycles. The average Bonchev–Trinajstić information content (AvgIpc) is 2.93. The first-order chi connectivity index (χ1) is 6.68. The van der Waals surface area contributed by atoms with Gasteiger partial charge in [-0.05, 0) is 62.5 Å². The molecule has 1 aliphatic carbocycles. The summed E-state index contributed by atoms with van der Waals surface area (Å²) in [5, 5.41) is 0. The fourth-order valence-electron chi connectivity index (χ4n) is 1.65. The minimum absolute atomic E-state index is 0.201. The third-order valence-electron chi connectivity index (χ3n) is 2.67. The molecule has 1 aromatic carbocycles. The molecule has 0 spiro atoms. The van der Waals surface area contributed by atoms with E-state index >= 15 is 0 Å². The Morgan fingerprint density at radius 3 is 2.86 bits per heavy atom. The number of rotatable bonds is 3. The number of halogens is 2. The van der Waals surface area contributed by atoms with Crippen molar-refractivity contribution in [1.82, 2.24) is 0 Å². The second-order valence-corrected chi connectivity index (χ2v) is 5.88. The average molecular weight is 366 g/mol. The Balaban J connectivity index is 2.16. The molecule has 0 saturated heterocycles. The van der Waals surface area contributed by atoms with Crippen molar-refractivity contribution in [3.05, 3.63) is 31.8 Å². The summed E-state index contributed by atoms with van der Waals surface area (Å²) in [5.41, 5.74) is 7.43. The molecule has 76 valence electrons. The van der Waals surface area contributed by atoms with Gasteiger partial charge < -0.3 is 5.73 Å². The molecule has 2 rings (SSSR count). The van der Waals surface area contributed by atoms with Crippen molar-refractivity contribution in [3.63, 3.8) is 0 Å². The predicted molar refractivity (Wildman–Crippen MR) is 71.1 cm³/mol. The summed E-state index contributed by atoms with van der Waals surface area (Å²) in [6, 6.07) is 6.50. The lowest BCUT2D eigenvalue weighted by Crippen LogP contribution is -2.12. The maximum atomic E-state index is 6.17. The predicted octanol–water partition coefficient (Wildman–Crippen LogP) is 3.85. The molecule has 1 nitrogen and oxygen atoms in total. The lowest BCUT2D eigenvalue weighted by molar-refractivity contribution is 0.595. The molecule has 1 aliphatic rings. The van der Waals surface area contributed by atoms with E-state index in [4.69, 9.17) is 5.73 Å². The first kappa shape index (κ1) is 10.9. The van der Waals surface area contributed by atoms with Crippen LogP contribution >= 0.6 is 38.5 Å². The Bertz CT molecular complexity index is 336. The minimum Gasteiger partial charge on any atom is -0.324 e. The van der Waals surface area contributed by atoms with Crippen molar-refractivity contribution >= 4 is 38.5 Å². The molecule has 1 aromatic rings. The Hall–Kier alpha value is 0.390. The summed E-state index contributed by atoms with van der Waals surface area (Å²) in [6.45, 7) is 0. The fourth-order valence-corrected chi connectivity index (χ4v) is 2.72. The zero-order valence-corrected chi connectivity index (χ0v) is 11.6. The molecule has 0 aromatic heterocycles. The molecule has 14 heavy (non-hydrogen) atoms. The van der Waals surface area contributed by atoms with Crippen LogP contribution in [0.3, 0.4) is 0 Å². The molecular formula is C11H13BrIN. The van der Waals surface area contributed by atoms with Crippen LogP contribution in [0, 0.1) is 9.49 Å². The van der Waals surface area contributed by atoms with Crippen LogP contribution < -0.4 is 5.73 Å². The van der Waals surface area contributed by atoms with Crippen molar-refractivity contribution in [2.24, 2.45) is 11.7 Å². The van der Waals surface area contributed by atoms with E-state index in [9.17, 15) is 0 Å². The van der Waals surface area contributed by atoms with E-state index in [2.05, 4.69) is 56.7 Å². The Labute approximate surface area is 107 Å². The van der Waals surface area contributed by atoms with Crippen LogP contribution in [-0.2, 0) is 0 Å². The highest BCUT2D eigenvalue weighted by atomic mass is 127. The van der Waals surface area contributed by atoms with Gasteiger partial charge in [0.05, 0.1) is 0 Å². The zero-order valence-electron chi connectivity index (χ0n) is 7.84. The first-order valence-electron chi connectivity index (χ1n) is 4.88. The summed E-state index contributed by atoms with van der Waals surface area (Å²) < 4.78 is 2.42. The molecule has 0 heterocycles. The highest BCUT2D eigenvalue weighted by Crippen LogP contribution is 2.38. The topological polar surface area (TPSA) is 26.0 Å². The van der Waals surface area contributed by atoms with Gasteiger partial charge in [0.25, 0.3) is 0 Å². The molecule has 0 amide bonds. The molecule has 1 fully saturated rings. The van der Waals surface area contributed by atoms with Crippen LogP contribution in [0.15, 0.2) is 22.7 Å². The molecule has 1 unspecified atom stereocenters. The van der Waals surface area contributed by atoms with Gasteiger partial charge in [0, 0.05) is 14.1 Å². The number of hydrogen-bond acceptors (Lipinski definition) is 1. The lowest BCUT2D eigenvalue weighted by Gasteiger charge is -2.14. The third kappa shape index (κ3) is 2.49. The van der Waals surface area contributed by atoms with E-state index in [1.165, 1.54) is 26.4 Å². The second-order valence-electron chi connectivity index (χ2n) is 3.93. The largest absolute Gasteiger partial charge is 0.324 e. The van der Waals surface area contributed by atoms with Gasteiger partial charge in [-0.3, -0.25) is 0 Å². The summed E-state index contributed by atoms with van der Waals surface area (Å²) in [5.74, 6) is 0.884. The van der Waals surface area contributed by atoms with E-state index in [0.29, 0.717) is 0 Å². The van der Waals surface area contributed by atoms with Gasteiger partial charge in [-0.25, -0.2) is 0 Å². The second kappa shape index (κ2) is 4.49. The van der Waals surface area contributed by atoms with Crippen LogP contribution in [-0.4, -0.2) is 0 Å². The number of nitrogens with two attached hydrogens (primary N) is 1. The summed E-state index contributed by atoms with van der Waals surface area (Å²) in [4.78, 5) is 0. The van der Waals surface area contributed by atoms with E-state index in [-0.39, 0.29) is 6.04 Å². The van der Waals surface area contributed by atoms with Gasteiger partial charge in [-0.1, -0.05) is 25.0 Å². The van der Waals surface area contributed by atoms with E-state index in [0.717, 1.165) is 12.3 Å². The Morgan fingerprint density at radius 1 is 1.50 bits per heavy atom. The fraction of sp³-hybridized carbons (Fsp3) is 0.455. The highest BCUT2D eigenvalue weighted by molar-refractivity contribution is 14.1. The van der Waals surface area contributed by atoms with Crippen molar-refractivity contribution in [2.75, 3.05) is 0 Å². The Morgan fingerprint density at radius 2 is 2.21 bits per heavy atom. The lowest BCUT2D eigenvalue weighted by atomic mass is 10.0. The van der Waals surface area contributed by atoms with Gasteiger partial charge in [-0.15, -0.1) is 0 Å². The van der Waals surface area contributed by atoms with Crippen LogP contribution in [0.4, 0.5) is 0 Å². The first-order valence-corrected chi connectivity index (χ1v) is 6.75. The highest BCUT2D eigenvalue weighted by Gasteiger charge is 2.25. The molecule has 0 radical (unpaired) electrons. The van der Waals surface area contributed by atoms with Crippen LogP contribution in [0.5, 0.6) is 0 Å². The number of benzene rings is 1. The molecule has 1 atom stereocenters. The molecule has 3 heteroatoms. The molecular weight excluding hydrogens is 353 g/mol. The minimum atomic E-state index is 0.201. The summed E-state index contributed by atoms with van der Waals surface area (Å²) in [6.07, 6.45) is 3.88. The quantitative estimate of drug-likeness (QED) is 0.809. The molecule has 0 bridgehead atoms. The SMILES string of the molecule is NC(CC1CC1)c1cccc(I)c1Br. The number of hydrogen-bond donors (Lipinski definition) is 1. The monoisotopic (exact) mass is 365 g/mol. The normalized spacial score (nSPS) is 18.2. The van der Waals surface area contributed by atoms with Crippen molar-refractivity contribution < 1.29 is 0 Å². The van der Waals surface area contributed by atoms with Gasteiger partial charge >= 0.3 is 0 Å². The molecule has 1 saturated carbocycles. The van der Waals surface area contributed by atoms with Crippen LogP contribution in [0.2, 0.25) is 0 Å². The molecule has 2 N–H and O–H groups in total. The summed E-state index contributed by atoms with van der Waals surface area (Å²) in [7, 11) is 0. The van der Waals surface area contributed by atoms with Crippen molar-refractivity contribution in [2.45, 2.75) is 25.3 Å². The maximum Gasteiger partial charge on any atom is 0.0356 e. The van der Waals surface area contributed by atoms with E-state index in [1.54, 1.807) is 0 Å². The maximum absolute atomic E-state index is 6.17. The smallest absolute Gasteiger partial charge is 0.0356 e. The van der Waals surface area contributed by atoms with Gasteiger partial charge in [-0.2, -0.15) is 0 Å². The van der Waals surface area contributed by atoms with E-state index < -0.39 is 0 Å². The zero-order chi connectivity index (χ0) is 10.1. The Kier molecular flexibility index (Phi) is 3.50. The van der Waals surface area contributed by atoms with Crippen LogP contribution in [0.25, 0.3) is 0 Å². The summed E-state index contributed by atoms with van der Waals surface area (Å²) >= 11 is 5.93. The van der Waals surface area contributed by atoms with Crippen molar-refractivity contribution in [1.29, 1.82) is 0 Å².